The number of benzene rings is 1. The number of nitrogens with zero attached hydrogens (tertiary/aromatic N) is 3. The molecule has 1 aromatic carbocycles. The predicted molar refractivity (Wildman–Crippen MR) is 119 cm³/mol. The third-order valence-corrected chi connectivity index (χ3v) is 6.72. The van der Waals surface area contributed by atoms with E-state index in [0.717, 1.165) is 18.7 Å². The highest BCUT2D eigenvalue weighted by Gasteiger charge is 2.57. The molecule has 3 fully saturated rings. The standard InChI is InChI=1S/C25H29N3O4/c1-17(2)31-23(29)19-8-10-21(26-16-19)27-14-12-25(13-15-27)24(30)28-20(9-11-22(28)32-25)18-6-4-3-5-7-18/h3-8,10,16-17,20,22H,9,11-15H2,1-2H3. The van der Waals surface area contributed by atoms with Crippen LogP contribution in [0.5, 0.6) is 0 Å². The molecule has 7 nitrogen and oxygen atoms in total. The Morgan fingerprint density at radius 1 is 1.12 bits per heavy atom. The first-order chi connectivity index (χ1) is 15.5. The molecule has 0 bridgehead atoms. The number of amides is 1. The highest BCUT2D eigenvalue weighted by atomic mass is 16.6. The molecule has 168 valence electrons. The van der Waals surface area contributed by atoms with Crippen molar-refractivity contribution in [2.75, 3.05) is 18.0 Å². The third kappa shape index (κ3) is 3.64. The lowest BCUT2D eigenvalue weighted by Crippen LogP contribution is -2.50. The Kier molecular flexibility index (Phi) is 5.37. The second-order valence-corrected chi connectivity index (χ2v) is 9.13. The van der Waals surface area contributed by atoms with Crippen LogP contribution in [0.15, 0.2) is 48.7 Å². The van der Waals surface area contributed by atoms with Crippen LogP contribution in [0.4, 0.5) is 5.82 Å². The number of hydrogen-bond donors (Lipinski definition) is 0. The Hall–Kier alpha value is -2.93. The molecular formula is C25H29N3O4. The van der Waals surface area contributed by atoms with E-state index in [4.69, 9.17) is 9.47 Å². The van der Waals surface area contributed by atoms with Crippen molar-refractivity contribution < 1.29 is 19.1 Å². The fourth-order valence-corrected chi connectivity index (χ4v) is 5.12. The first-order valence-electron chi connectivity index (χ1n) is 11.4. The molecule has 0 N–H and O–H groups in total. The zero-order chi connectivity index (χ0) is 22.3. The highest BCUT2D eigenvalue weighted by Crippen LogP contribution is 2.47. The maximum Gasteiger partial charge on any atom is 0.339 e. The van der Waals surface area contributed by atoms with E-state index in [1.807, 2.05) is 43.0 Å². The van der Waals surface area contributed by atoms with Crippen LogP contribution in [0.25, 0.3) is 0 Å². The van der Waals surface area contributed by atoms with Gasteiger partial charge >= 0.3 is 5.97 Å². The number of fused-ring (bicyclic) bond motifs is 1. The summed E-state index contributed by atoms with van der Waals surface area (Å²) in [4.78, 5) is 34.1. The van der Waals surface area contributed by atoms with Crippen molar-refractivity contribution in [3.05, 3.63) is 59.8 Å². The molecular weight excluding hydrogens is 406 g/mol. The van der Waals surface area contributed by atoms with E-state index in [2.05, 4.69) is 22.0 Å². The first-order valence-corrected chi connectivity index (χ1v) is 11.4. The molecule has 2 aromatic rings. The van der Waals surface area contributed by atoms with E-state index in [1.54, 1.807) is 12.3 Å². The van der Waals surface area contributed by atoms with E-state index in [9.17, 15) is 9.59 Å². The minimum atomic E-state index is -0.727. The van der Waals surface area contributed by atoms with Gasteiger partial charge in [0.15, 0.2) is 5.60 Å². The summed E-state index contributed by atoms with van der Waals surface area (Å²) in [6, 6.07) is 13.9. The number of carbonyl (C=O) groups excluding carboxylic acids is 2. The summed E-state index contributed by atoms with van der Waals surface area (Å²) in [6.07, 6.45) is 4.37. The number of rotatable bonds is 4. The van der Waals surface area contributed by atoms with Crippen LogP contribution in [-0.4, -0.2) is 52.8 Å². The lowest BCUT2D eigenvalue weighted by Gasteiger charge is -2.38. The molecule has 5 rings (SSSR count). The monoisotopic (exact) mass is 435 g/mol. The first kappa shape index (κ1) is 20.9. The minimum absolute atomic E-state index is 0.103. The number of hydrogen-bond acceptors (Lipinski definition) is 6. The summed E-state index contributed by atoms with van der Waals surface area (Å²) in [7, 11) is 0. The minimum Gasteiger partial charge on any atom is -0.459 e. The average molecular weight is 436 g/mol. The summed E-state index contributed by atoms with van der Waals surface area (Å²) < 4.78 is 11.6. The van der Waals surface area contributed by atoms with E-state index in [1.165, 1.54) is 5.56 Å². The van der Waals surface area contributed by atoms with Crippen LogP contribution in [-0.2, 0) is 14.3 Å². The quantitative estimate of drug-likeness (QED) is 0.682. The molecule has 3 saturated heterocycles. The van der Waals surface area contributed by atoms with Gasteiger partial charge in [-0.15, -0.1) is 0 Å². The lowest BCUT2D eigenvalue weighted by atomic mass is 9.89. The maximum absolute atomic E-state index is 13.5. The SMILES string of the molecule is CC(C)OC(=O)c1ccc(N2CCC3(CC2)OC2CCC(c4ccccc4)N2C3=O)nc1. The van der Waals surface area contributed by atoms with Crippen LogP contribution in [0.1, 0.15) is 61.5 Å². The van der Waals surface area contributed by atoms with Crippen molar-refractivity contribution in [3.63, 3.8) is 0 Å². The van der Waals surface area contributed by atoms with Crippen LogP contribution in [0, 0.1) is 0 Å². The number of piperidine rings is 1. The van der Waals surface area contributed by atoms with Gasteiger partial charge in [-0.1, -0.05) is 30.3 Å². The Balaban J connectivity index is 1.25. The molecule has 0 aliphatic carbocycles. The lowest BCUT2D eigenvalue weighted by molar-refractivity contribution is -0.140. The smallest absolute Gasteiger partial charge is 0.339 e. The van der Waals surface area contributed by atoms with Gasteiger partial charge < -0.3 is 19.3 Å². The second kappa shape index (κ2) is 8.20. The van der Waals surface area contributed by atoms with Crippen molar-refractivity contribution in [1.82, 2.24) is 9.88 Å². The Morgan fingerprint density at radius 3 is 2.53 bits per heavy atom. The van der Waals surface area contributed by atoms with Gasteiger partial charge in [-0.2, -0.15) is 0 Å². The van der Waals surface area contributed by atoms with Crippen molar-refractivity contribution in [3.8, 4) is 0 Å². The normalized spacial score (nSPS) is 24.3. The van der Waals surface area contributed by atoms with Crippen LogP contribution >= 0.6 is 0 Å². The molecule has 32 heavy (non-hydrogen) atoms. The molecule has 3 aliphatic rings. The van der Waals surface area contributed by atoms with Gasteiger partial charge in [0.1, 0.15) is 12.0 Å². The third-order valence-electron chi connectivity index (χ3n) is 6.72. The van der Waals surface area contributed by atoms with Crippen LogP contribution in [0.2, 0.25) is 0 Å². The summed E-state index contributed by atoms with van der Waals surface area (Å²) >= 11 is 0. The topological polar surface area (TPSA) is 72.0 Å². The number of aromatic nitrogens is 1. The van der Waals surface area contributed by atoms with E-state index in [0.29, 0.717) is 31.5 Å². The van der Waals surface area contributed by atoms with Crippen molar-refractivity contribution in [1.29, 1.82) is 0 Å². The molecule has 1 aromatic heterocycles. The molecule has 0 radical (unpaired) electrons. The van der Waals surface area contributed by atoms with Gasteiger partial charge in [0, 0.05) is 32.1 Å². The zero-order valence-electron chi connectivity index (χ0n) is 18.6. The molecule has 7 heteroatoms. The number of pyridine rings is 1. The fraction of sp³-hybridized carbons (Fsp3) is 0.480. The van der Waals surface area contributed by atoms with E-state index >= 15 is 0 Å². The van der Waals surface area contributed by atoms with E-state index in [-0.39, 0.29) is 30.3 Å². The molecule has 0 saturated carbocycles. The predicted octanol–water partition coefficient (Wildman–Crippen LogP) is 3.71. The van der Waals surface area contributed by atoms with Crippen molar-refractivity contribution >= 4 is 17.7 Å². The molecule has 2 unspecified atom stereocenters. The summed E-state index contributed by atoms with van der Waals surface area (Å²) in [5.41, 5.74) is 0.898. The van der Waals surface area contributed by atoms with Crippen LogP contribution < -0.4 is 4.90 Å². The number of ether oxygens (including phenoxy) is 2. The summed E-state index contributed by atoms with van der Waals surface area (Å²) in [5, 5.41) is 0. The average Bonchev–Trinajstić information content (AvgIpc) is 3.33. The second-order valence-electron chi connectivity index (χ2n) is 9.13. The summed E-state index contributed by atoms with van der Waals surface area (Å²) in [6.45, 7) is 5.01. The number of esters is 1. The molecule has 2 atom stereocenters. The van der Waals surface area contributed by atoms with Crippen molar-refractivity contribution in [2.24, 2.45) is 0 Å². The molecule has 3 aliphatic heterocycles. The Bertz CT molecular complexity index is 984. The van der Waals surface area contributed by atoms with Gasteiger partial charge in [0.25, 0.3) is 5.91 Å². The van der Waals surface area contributed by atoms with Gasteiger partial charge in [0.2, 0.25) is 0 Å². The molecule has 4 heterocycles. The van der Waals surface area contributed by atoms with Gasteiger partial charge in [-0.3, -0.25) is 4.79 Å². The molecule has 1 spiro atoms. The Morgan fingerprint density at radius 2 is 1.88 bits per heavy atom. The fourth-order valence-electron chi connectivity index (χ4n) is 5.12. The van der Waals surface area contributed by atoms with Crippen molar-refractivity contribution in [2.45, 2.75) is 63.5 Å². The maximum atomic E-state index is 13.5. The highest BCUT2D eigenvalue weighted by molar-refractivity contribution is 5.89. The van der Waals surface area contributed by atoms with Gasteiger partial charge in [-0.05, 0) is 44.4 Å². The molecule has 1 amide bonds. The van der Waals surface area contributed by atoms with Gasteiger partial charge in [0.05, 0.1) is 17.7 Å². The summed E-state index contributed by atoms with van der Waals surface area (Å²) in [5.74, 6) is 0.567. The number of anilines is 1. The van der Waals surface area contributed by atoms with Crippen LogP contribution in [0.3, 0.4) is 0 Å². The van der Waals surface area contributed by atoms with E-state index < -0.39 is 5.60 Å². The zero-order valence-corrected chi connectivity index (χ0v) is 18.6. The Labute approximate surface area is 188 Å². The largest absolute Gasteiger partial charge is 0.459 e. The number of carbonyl (C=O) groups is 2. The van der Waals surface area contributed by atoms with Gasteiger partial charge in [-0.25, -0.2) is 9.78 Å².